The Morgan fingerprint density at radius 2 is 2.04 bits per heavy atom. The van der Waals surface area contributed by atoms with E-state index in [9.17, 15) is 4.79 Å². The maximum Gasteiger partial charge on any atom is 0.279 e. The Balaban J connectivity index is 1.59. The predicted molar refractivity (Wildman–Crippen MR) is 104 cm³/mol. The van der Waals surface area contributed by atoms with E-state index in [-0.39, 0.29) is 12.0 Å². The van der Waals surface area contributed by atoms with Gasteiger partial charge in [0.2, 0.25) is 0 Å². The summed E-state index contributed by atoms with van der Waals surface area (Å²) < 4.78 is 1.73. The molecule has 1 aliphatic heterocycles. The van der Waals surface area contributed by atoms with Crippen molar-refractivity contribution in [3.05, 3.63) is 60.3 Å². The fraction of sp³-hybridized carbons (Fsp3) is 0.333. The van der Waals surface area contributed by atoms with E-state index in [0.29, 0.717) is 11.3 Å². The second kappa shape index (κ2) is 7.90. The number of piperidine rings is 1. The summed E-state index contributed by atoms with van der Waals surface area (Å²) in [6.45, 7) is 5.08. The van der Waals surface area contributed by atoms with Crippen molar-refractivity contribution in [2.75, 3.05) is 19.6 Å². The van der Waals surface area contributed by atoms with Crippen LogP contribution in [0.25, 0.3) is 16.8 Å². The van der Waals surface area contributed by atoms with Crippen LogP contribution >= 0.6 is 0 Å². The summed E-state index contributed by atoms with van der Waals surface area (Å²) in [5.74, 6) is -0.260. The van der Waals surface area contributed by atoms with Gasteiger partial charge in [0.25, 0.3) is 5.91 Å². The molecule has 2 aromatic heterocycles. The number of amides is 1. The Hall–Kier alpha value is -2.70. The first-order valence-electron chi connectivity index (χ1n) is 9.47. The summed E-state index contributed by atoms with van der Waals surface area (Å²) in [5, 5.41) is 4.62. The Morgan fingerprint density at radius 1 is 1.22 bits per heavy atom. The highest BCUT2D eigenvalue weighted by molar-refractivity contribution is 6.06. The van der Waals surface area contributed by atoms with E-state index in [2.05, 4.69) is 22.4 Å². The van der Waals surface area contributed by atoms with Gasteiger partial charge in [-0.2, -0.15) is 5.10 Å². The minimum absolute atomic E-state index is 0.0182. The summed E-state index contributed by atoms with van der Waals surface area (Å²) in [5.41, 5.74) is 5.53. The molecule has 3 heterocycles. The molecule has 1 aliphatic rings. The summed E-state index contributed by atoms with van der Waals surface area (Å²) in [6, 6.07) is 15.5. The van der Waals surface area contributed by atoms with Crippen molar-refractivity contribution in [2.45, 2.75) is 25.9 Å². The number of carbonyl (C=O) groups excluding carboxylic acids is 1. The largest absolute Gasteiger partial charge is 0.301 e. The van der Waals surface area contributed by atoms with Crippen LogP contribution in [-0.2, 0) is 4.84 Å². The van der Waals surface area contributed by atoms with Crippen molar-refractivity contribution in [1.82, 2.24) is 20.0 Å². The number of likely N-dealkylation sites (N-methyl/N-ethyl adjacent to an activating group) is 1. The van der Waals surface area contributed by atoms with Gasteiger partial charge in [-0.15, -0.1) is 0 Å². The zero-order valence-corrected chi connectivity index (χ0v) is 15.5. The van der Waals surface area contributed by atoms with Crippen molar-refractivity contribution in [1.29, 1.82) is 0 Å². The van der Waals surface area contributed by atoms with E-state index in [1.54, 1.807) is 4.52 Å². The molecule has 0 spiro atoms. The maximum atomic E-state index is 13.0. The van der Waals surface area contributed by atoms with Crippen LogP contribution in [0.5, 0.6) is 0 Å². The van der Waals surface area contributed by atoms with E-state index in [4.69, 9.17) is 4.84 Å². The zero-order valence-electron chi connectivity index (χ0n) is 15.5. The molecular weight excluding hydrogens is 340 g/mol. The van der Waals surface area contributed by atoms with Crippen LogP contribution in [0, 0.1) is 0 Å². The van der Waals surface area contributed by atoms with Gasteiger partial charge >= 0.3 is 0 Å². The summed E-state index contributed by atoms with van der Waals surface area (Å²) in [4.78, 5) is 21.1. The number of fused-ring (bicyclic) bond motifs is 1. The van der Waals surface area contributed by atoms with Gasteiger partial charge in [-0.25, -0.2) is 10.00 Å². The third kappa shape index (κ3) is 3.72. The number of pyridine rings is 1. The highest BCUT2D eigenvalue weighted by atomic mass is 16.7. The number of hydrogen-bond acceptors (Lipinski definition) is 4. The fourth-order valence-electron chi connectivity index (χ4n) is 3.61. The van der Waals surface area contributed by atoms with Crippen molar-refractivity contribution in [2.24, 2.45) is 0 Å². The van der Waals surface area contributed by atoms with Gasteiger partial charge in [-0.3, -0.25) is 9.63 Å². The van der Waals surface area contributed by atoms with E-state index >= 15 is 0 Å². The van der Waals surface area contributed by atoms with Crippen molar-refractivity contribution >= 4 is 11.4 Å². The zero-order chi connectivity index (χ0) is 18.6. The number of likely N-dealkylation sites (tertiary alicyclic amines) is 1. The molecule has 1 atom stereocenters. The predicted octanol–water partition coefficient (Wildman–Crippen LogP) is 3.15. The molecule has 27 heavy (non-hydrogen) atoms. The first-order chi connectivity index (χ1) is 13.3. The van der Waals surface area contributed by atoms with E-state index in [1.165, 1.54) is 0 Å². The van der Waals surface area contributed by atoms with Crippen molar-refractivity contribution < 1.29 is 9.63 Å². The number of nitrogens with one attached hydrogen (secondary N) is 1. The lowest BCUT2D eigenvalue weighted by molar-refractivity contribution is -0.0470. The third-order valence-corrected chi connectivity index (χ3v) is 5.04. The highest BCUT2D eigenvalue weighted by Gasteiger charge is 2.24. The van der Waals surface area contributed by atoms with Gasteiger partial charge in [-0.05, 0) is 38.1 Å². The molecule has 0 saturated carbocycles. The van der Waals surface area contributed by atoms with Crippen LogP contribution < -0.4 is 5.48 Å². The molecule has 1 unspecified atom stereocenters. The summed E-state index contributed by atoms with van der Waals surface area (Å²) in [7, 11) is 0. The average molecular weight is 364 g/mol. The van der Waals surface area contributed by atoms with Gasteiger partial charge in [0.1, 0.15) is 5.69 Å². The molecule has 6 heteroatoms. The van der Waals surface area contributed by atoms with E-state index < -0.39 is 0 Å². The Morgan fingerprint density at radius 3 is 2.85 bits per heavy atom. The van der Waals surface area contributed by atoms with Crippen LogP contribution in [-0.4, -0.2) is 46.2 Å². The topological polar surface area (TPSA) is 58.9 Å². The van der Waals surface area contributed by atoms with E-state index in [0.717, 1.165) is 43.6 Å². The number of hydroxylamine groups is 1. The molecule has 140 valence electrons. The average Bonchev–Trinajstić information content (AvgIpc) is 3.12. The van der Waals surface area contributed by atoms with Crippen LogP contribution in [0.15, 0.2) is 54.7 Å². The Bertz CT molecular complexity index is 922. The lowest BCUT2D eigenvalue weighted by Crippen LogP contribution is -2.42. The SMILES string of the molecule is CCN1CCCC(ONC(=O)c2c(-c3ccccc3)nn3ccccc23)C1. The maximum absolute atomic E-state index is 13.0. The van der Waals surface area contributed by atoms with Crippen LogP contribution in [0.2, 0.25) is 0 Å². The molecule has 0 aliphatic carbocycles. The molecule has 3 aromatic rings. The van der Waals surface area contributed by atoms with Crippen molar-refractivity contribution in [3.63, 3.8) is 0 Å². The minimum atomic E-state index is -0.260. The summed E-state index contributed by atoms with van der Waals surface area (Å²) in [6.07, 6.45) is 3.90. The number of benzene rings is 1. The number of carbonyl (C=O) groups is 1. The van der Waals surface area contributed by atoms with Crippen LogP contribution in [0.1, 0.15) is 30.1 Å². The van der Waals surface area contributed by atoms with Gasteiger partial charge in [0.15, 0.2) is 0 Å². The van der Waals surface area contributed by atoms with Crippen LogP contribution in [0.3, 0.4) is 0 Å². The fourth-order valence-corrected chi connectivity index (χ4v) is 3.61. The smallest absolute Gasteiger partial charge is 0.279 e. The molecule has 1 fully saturated rings. The standard InChI is InChI=1S/C21H24N4O2/c1-2-24-13-8-11-17(15-24)27-23-21(26)19-18-12-6-7-14-25(18)22-20(19)16-9-4-3-5-10-16/h3-7,9-10,12,14,17H,2,8,11,13,15H2,1H3,(H,23,26). The minimum Gasteiger partial charge on any atom is -0.301 e. The van der Waals surface area contributed by atoms with Crippen molar-refractivity contribution in [3.8, 4) is 11.3 Å². The number of nitrogens with zero attached hydrogens (tertiary/aromatic N) is 3. The highest BCUT2D eigenvalue weighted by Crippen LogP contribution is 2.26. The molecule has 1 N–H and O–H groups in total. The van der Waals surface area contributed by atoms with Gasteiger partial charge in [0, 0.05) is 18.3 Å². The van der Waals surface area contributed by atoms with Gasteiger partial charge in [0.05, 0.1) is 17.2 Å². The lowest BCUT2D eigenvalue weighted by atomic mass is 10.1. The second-order valence-electron chi connectivity index (χ2n) is 6.83. The molecule has 1 amide bonds. The van der Waals surface area contributed by atoms with E-state index in [1.807, 2.05) is 54.7 Å². The summed E-state index contributed by atoms with van der Waals surface area (Å²) >= 11 is 0. The van der Waals surface area contributed by atoms with Gasteiger partial charge in [-0.1, -0.05) is 43.3 Å². The molecule has 0 radical (unpaired) electrons. The molecule has 4 rings (SSSR count). The Labute approximate surface area is 158 Å². The normalized spacial score (nSPS) is 17.9. The second-order valence-corrected chi connectivity index (χ2v) is 6.83. The number of rotatable bonds is 5. The van der Waals surface area contributed by atoms with Gasteiger partial charge < -0.3 is 4.90 Å². The third-order valence-electron chi connectivity index (χ3n) is 5.04. The molecule has 0 bridgehead atoms. The molecule has 6 nitrogen and oxygen atoms in total. The quantitative estimate of drug-likeness (QED) is 0.707. The molecule has 1 aromatic carbocycles. The molecular formula is C21H24N4O2. The first-order valence-corrected chi connectivity index (χ1v) is 9.47. The first kappa shape index (κ1) is 17.7. The Kier molecular flexibility index (Phi) is 5.18. The van der Waals surface area contributed by atoms with Crippen LogP contribution in [0.4, 0.5) is 0 Å². The molecule has 1 saturated heterocycles. The monoisotopic (exact) mass is 364 g/mol. The lowest BCUT2D eigenvalue weighted by Gasteiger charge is -2.31. The number of aromatic nitrogens is 2. The number of hydrogen-bond donors (Lipinski definition) is 1.